The van der Waals surface area contributed by atoms with Crippen LogP contribution in [0.15, 0.2) is 42.9 Å². The van der Waals surface area contributed by atoms with Crippen LogP contribution in [-0.2, 0) is 0 Å². The molecule has 2 N–H and O–H groups in total. The predicted molar refractivity (Wildman–Crippen MR) is 115 cm³/mol. The zero-order valence-corrected chi connectivity index (χ0v) is 16.8. The zero-order valence-electron chi connectivity index (χ0n) is 16.8. The highest BCUT2D eigenvalue weighted by molar-refractivity contribution is 5.93. The van der Waals surface area contributed by atoms with Gasteiger partial charge in [0.1, 0.15) is 17.2 Å². The second-order valence-electron chi connectivity index (χ2n) is 7.23. The van der Waals surface area contributed by atoms with Crippen LogP contribution >= 0.6 is 0 Å². The molecule has 3 aromatic heterocycles. The van der Waals surface area contributed by atoms with E-state index in [1.54, 1.807) is 30.7 Å². The Morgan fingerprint density at radius 2 is 1.93 bits per heavy atom. The second-order valence-corrected chi connectivity index (χ2v) is 7.23. The van der Waals surface area contributed by atoms with Crippen LogP contribution in [0.4, 0.5) is 11.5 Å². The highest BCUT2D eigenvalue weighted by atomic mass is 16.2. The van der Waals surface area contributed by atoms with E-state index in [0.29, 0.717) is 34.2 Å². The van der Waals surface area contributed by atoms with Crippen LogP contribution in [-0.4, -0.2) is 50.0 Å². The van der Waals surface area contributed by atoms with Gasteiger partial charge in [0.05, 0.1) is 23.3 Å². The van der Waals surface area contributed by atoms with Crippen molar-refractivity contribution in [2.75, 3.05) is 18.4 Å². The quantitative estimate of drug-likeness (QED) is 0.633. The number of pyridine rings is 2. The molecule has 4 heterocycles. The highest BCUT2D eigenvalue weighted by Crippen LogP contribution is 2.24. The molecule has 3 aromatic rings. The van der Waals surface area contributed by atoms with Gasteiger partial charge in [-0.25, -0.2) is 9.97 Å². The molecule has 1 saturated heterocycles. The highest BCUT2D eigenvalue weighted by Gasteiger charge is 2.19. The zero-order chi connectivity index (χ0) is 20.9. The molecule has 0 bridgehead atoms. The molecule has 8 nitrogen and oxygen atoms in total. The fraction of sp³-hybridized carbons (Fsp3) is 0.273. The number of likely N-dealkylation sites (tertiary alicyclic amines) is 1. The number of aryl methyl sites for hydroxylation is 1. The Labute approximate surface area is 174 Å². The van der Waals surface area contributed by atoms with Crippen molar-refractivity contribution < 1.29 is 4.79 Å². The fourth-order valence-corrected chi connectivity index (χ4v) is 3.44. The largest absolute Gasteiger partial charge is 0.340 e. The summed E-state index contributed by atoms with van der Waals surface area (Å²) in [6.07, 6.45) is 9.41. The Morgan fingerprint density at radius 1 is 1.10 bits per heavy atom. The standard InChI is InChI=1S/C22H23N7O/c1-15-12-24-14-20(26-15)19-10-18(16(11-23)13-25-19)28-21-7-5-6-17(27-21)22(30)29-8-3-2-4-9-29/h5-7,10-14,23H,2-4,8-9H2,1H3,(H,25,27,28). The van der Waals surface area contributed by atoms with E-state index in [4.69, 9.17) is 5.41 Å². The summed E-state index contributed by atoms with van der Waals surface area (Å²) in [5.74, 6) is 0.490. The molecule has 0 atom stereocenters. The van der Waals surface area contributed by atoms with E-state index < -0.39 is 0 Å². The first-order chi connectivity index (χ1) is 14.6. The average Bonchev–Trinajstić information content (AvgIpc) is 2.79. The fourth-order valence-electron chi connectivity index (χ4n) is 3.44. The van der Waals surface area contributed by atoms with Crippen molar-refractivity contribution >= 4 is 23.6 Å². The van der Waals surface area contributed by atoms with E-state index in [2.05, 4.69) is 25.3 Å². The molecule has 4 rings (SSSR count). The lowest BCUT2D eigenvalue weighted by atomic mass is 10.1. The minimum Gasteiger partial charge on any atom is -0.340 e. The summed E-state index contributed by atoms with van der Waals surface area (Å²) in [5, 5.41) is 10.9. The van der Waals surface area contributed by atoms with Crippen molar-refractivity contribution in [1.29, 1.82) is 5.41 Å². The normalized spacial score (nSPS) is 13.7. The van der Waals surface area contributed by atoms with E-state index in [0.717, 1.165) is 31.6 Å². The monoisotopic (exact) mass is 401 g/mol. The number of piperidine rings is 1. The van der Waals surface area contributed by atoms with Gasteiger partial charge in [0.2, 0.25) is 0 Å². The second kappa shape index (κ2) is 8.77. The van der Waals surface area contributed by atoms with Gasteiger partial charge in [0.15, 0.2) is 0 Å². The number of hydrogen-bond acceptors (Lipinski definition) is 7. The number of aromatic nitrogens is 4. The third-order valence-electron chi connectivity index (χ3n) is 4.98. The molecule has 1 aliphatic rings. The minimum atomic E-state index is -0.0453. The number of carbonyl (C=O) groups is 1. The number of nitrogens with zero attached hydrogens (tertiary/aromatic N) is 5. The molecule has 152 valence electrons. The first-order valence-electron chi connectivity index (χ1n) is 9.97. The van der Waals surface area contributed by atoms with Gasteiger partial charge < -0.3 is 15.6 Å². The first-order valence-corrected chi connectivity index (χ1v) is 9.97. The van der Waals surface area contributed by atoms with Gasteiger partial charge in [-0.3, -0.25) is 14.8 Å². The number of carbonyl (C=O) groups excluding carboxylic acids is 1. The van der Waals surface area contributed by atoms with Crippen molar-refractivity contribution in [3.8, 4) is 11.4 Å². The van der Waals surface area contributed by atoms with Gasteiger partial charge in [-0.2, -0.15) is 0 Å². The summed E-state index contributed by atoms with van der Waals surface area (Å²) >= 11 is 0. The number of hydrogen-bond donors (Lipinski definition) is 2. The molecule has 0 aromatic carbocycles. The Morgan fingerprint density at radius 3 is 2.70 bits per heavy atom. The average molecular weight is 401 g/mol. The predicted octanol–water partition coefficient (Wildman–Crippen LogP) is 3.61. The van der Waals surface area contributed by atoms with Crippen molar-refractivity contribution in [1.82, 2.24) is 24.8 Å². The molecular formula is C22H23N7O. The number of rotatable bonds is 5. The summed E-state index contributed by atoms with van der Waals surface area (Å²) in [6, 6.07) is 7.16. The maximum atomic E-state index is 12.8. The summed E-state index contributed by atoms with van der Waals surface area (Å²) in [7, 11) is 0. The number of nitrogens with one attached hydrogen (secondary N) is 2. The Hall–Kier alpha value is -3.68. The van der Waals surface area contributed by atoms with E-state index in [1.165, 1.54) is 12.6 Å². The molecule has 1 fully saturated rings. The van der Waals surface area contributed by atoms with E-state index in [1.807, 2.05) is 24.0 Å². The smallest absolute Gasteiger partial charge is 0.272 e. The van der Waals surface area contributed by atoms with Crippen molar-refractivity contribution in [2.24, 2.45) is 0 Å². The molecule has 0 radical (unpaired) electrons. The van der Waals surface area contributed by atoms with E-state index >= 15 is 0 Å². The van der Waals surface area contributed by atoms with Gasteiger partial charge in [-0.1, -0.05) is 6.07 Å². The summed E-state index contributed by atoms with van der Waals surface area (Å²) in [5.41, 5.74) is 3.77. The summed E-state index contributed by atoms with van der Waals surface area (Å²) < 4.78 is 0. The summed E-state index contributed by atoms with van der Waals surface area (Å²) in [4.78, 5) is 32.2. The minimum absolute atomic E-state index is 0.0453. The molecule has 0 unspecified atom stereocenters. The summed E-state index contributed by atoms with van der Waals surface area (Å²) in [6.45, 7) is 3.43. The van der Waals surface area contributed by atoms with Crippen molar-refractivity contribution in [3.05, 3.63) is 59.8 Å². The van der Waals surface area contributed by atoms with Crippen LogP contribution < -0.4 is 5.32 Å². The molecule has 0 saturated carbocycles. The Balaban J connectivity index is 1.61. The van der Waals surface area contributed by atoms with E-state index in [-0.39, 0.29) is 5.91 Å². The van der Waals surface area contributed by atoms with Crippen LogP contribution in [0.5, 0.6) is 0 Å². The van der Waals surface area contributed by atoms with Gasteiger partial charge in [0.25, 0.3) is 5.91 Å². The Bertz CT molecular complexity index is 1080. The van der Waals surface area contributed by atoms with Crippen LogP contribution in [0.1, 0.15) is 41.0 Å². The lowest BCUT2D eigenvalue weighted by molar-refractivity contribution is 0.0718. The molecule has 0 spiro atoms. The van der Waals surface area contributed by atoms with Crippen molar-refractivity contribution in [3.63, 3.8) is 0 Å². The van der Waals surface area contributed by atoms with Gasteiger partial charge in [-0.05, 0) is 44.4 Å². The SMILES string of the molecule is Cc1cncc(-c2cc(Nc3cccc(C(=O)N4CCCCC4)n3)c(C=N)cn2)n1. The molecule has 1 aliphatic heterocycles. The topological polar surface area (TPSA) is 108 Å². The first kappa shape index (κ1) is 19.6. The molecule has 0 aliphatic carbocycles. The maximum absolute atomic E-state index is 12.8. The van der Waals surface area contributed by atoms with Crippen LogP contribution in [0.3, 0.4) is 0 Å². The number of anilines is 2. The van der Waals surface area contributed by atoms with Gasteiger partial charge in [-0.15, -0.1) is 0 Å². The number of amides is 1. The van der Waals surface area contributed by atoms with Crippen LogP contribution in [0, 0.1) is 12.3 Å². The molecular weight excluding hydrogens is 378 g/mol. The van der Waals surface area contributed by atoms with Crippen LogP contribution in [0.25, 0.3) is 11.4 Å². The van der Waals surface area contributed by atoms with Gasteiger partial charge in [0, 0.05) is 37.3 Å². The van der Waals surface area contributed by atoms with Crippen molar-refractivity contribution in [2.45, 2.75) is 26.2 Å². The molecule has 8 heteroatoms. The van der Waals surface area contributed by atoms with Crippen LogP contribution in [0.2, 0.25) is 0 Å². The lowest BCUT2D eigenvalue weighted by Gasteiger charge is -2.26. The maximum Gasteiger partial charge on any atom is 0.272 e. The Kier molecular flexibility index (Phi) is 5.74. The third-order valence-corrected chi connectivity index (χ3v) is 4.98. The molecule has 30 heavy (non-hydrogen) atoms. The van der Waals surface area contributed by atoms with Gasteiger partial charge >= 0.3 is 0 Å². The van der Waals surface area contributed by atoms with E-state index in [9.17, 15) is 4.79 Å². The molecule has 1 amide bonds. The third kappa shape index (κ3) is 4.32. The lowest BCUT2D eigenvalue weighted by Crippen LogP contribution is -2.36.